The van der Waals surface area contributed by atoms with Crippen LogP contribution in [0.5, 0.6) is 0 Å². The molecule has 0 amide bonds. The van der Waals surface area contributed by atoms with Crippen LogP contribution < -0.4 is 5.32 Å². The van der Waals surface area contributed by atoms with Crippen molar-refractivity contribution in [1.29, 1.82) is 0 Å². The van der Waals surface area contributed by atoms with Gasteiger partial charge in [0.1, 0.15) is 0 Å². The Morgan fingerprint density at radius 3 is 2.79 bits per heavy atom. The van der Waals surface area contributed by atoms with E-state index in [1.807, 2.05) is 24.3 Å². The molecule has 1 aromatic carbocycles. The molecule has 0 aromatic heterocycles. The number of rotatable bonds is 4. The van der Waals surface area contributed by atoms with Crippen LogP contribution in [0, 0.1) is 0 Å². The smallest absolute Gasteiger partial charge is 0.317 e. The first-order valence-corrected chi connectivity index (χ1v) is 4.65. The Labute approximate surface area is 97.1 Å². The Kier molecular flexibility index (Phi) is 6.53. The van der Waals surface area contributed by atoms with E-state index in [0.717, 1.165) is 10.0 Å². The van der Waals surface area contributed by atoms with Crippen molar-refractivity contribution < 1.29 is 9.90 Å². The molecule has 0 saturated carbocycles. The average Bonchev–Trinajstić information content (AvgIpc) is 2.03. The summed E-state index contributed by atoms with van der Waals surface area (Å²) < 4.78 is 1.00. The topological polar surface area (TPSA) is 49.3 Å². The first kappa shape index (κ1) is 13.4. The summed E-state index contributed by atoms with van der Waals surface area (Å²) >= 11 is 3.34. The van der Waals surface area contributed by atoms with Gasteiger partial charge in [-0.25, -0.2) is 0 Å². The van der Waals surface area contributed by atoms with Gasteiger partial charge in [0, 0.05) is 11.0 Å². The van der Waals surface area contributed by atoms with Crippen LogP contribution in [0.2, 0.25) is 0 Å². The number of hydrogen-bond acceptors (Lipinski definition) is 2. The van der Waals surface area contributed by atoms with E-state index in [0.29, 0.717) is 6.54 Å². The van der Waals surface area contributed by atoms with E-state index in [4.69, 9.17) is 5.11 Å². The van der Waals surface area contributed by atoms with Gasteiger partial charge in [0.15, 0.2) is 0 Å². The molecule has 0 atom stereocenters. The maximum atomic E-state index is 10.2. The van der Waals surface area contributed by atoms with Crippen molar-refractivity contribution >= 4 is 34.3 Å². The van der Waals surface area contributed by atoms with Crippen LogP contribution in [0.4, 0.5) is 0 Å². The highest BCUT2D eigenvalue weighted by molar-refractivity contribution is 9.10. The number of carboxylic acid groups (broad SMARTS) is 1. The van der Waals surface area contributed by atoms with Gasteiger partial charge in [0.05, 0.1) is 6.54 Å². The summed E-state index contributed by atoms with van der Waals surface area (Å²) in [5.74, 6) is -0.838. The van der Waals surface area contributed by atoms with Gasteiger partial charge in [-0.2, -0.15) is 0 Å². The van der Waals surface area contributed by atoms with Crippen molar-refractivity contribution in [2.24, 2.45) is 0 Å². The zero-order valence-electron chi connectivity index (χ0n) is 7.37. The highest BCUT2D eigenvalue weighted by Crippen LogP contribution is 2.10. The van der Waals surface area contributed by atoms with Gasteiger partial charge >= 0.3 is 5.97 Å². The molecule has 5 heteroatoms. The maximum Gasteiger partial charge on any atom is 0.317 e. The predicted octanol–water partition coefficient (Wildman–Crippen LogP) is 2.05. The molecule has 0 saturated heterocycles. The Bertz CT molecular complexity index is 307. The predicted molar refractivity (Wildman–Crippen MR) is 60.7 cm³/mol. The summed E-state index contributed by atoms with van der Waals surface area (Å²) in [6.07, 6.45) is 0. The van der Waals surface area contributed by atoms with E-state index in [2.05, 4.69) is 21.2 Å². The number of benzene rings is 1. The molecule has 0 fully saturated rings. The van der Waals surface area contributed by atoms with Crippen LogP contribution >= 0.6 is 28.3 Å². The lowest BCUT2D eigenvalue weighted by atomic mass is 10.2. The number of carbonyl (C=O) groups is 1. The molecule has 2 N–H and O–H groups in total. The van der Waals surface area contributed by atoms with Crippen LogP contribution in [-0.2, 0) is 11.3 Å². The first-order valence-electron chi connectivity index (χ1n) is 3.85. The Morgan fingerprint density at radius 2 is 2.21 bits per heavy atom. The summed E-state index contributed by atoms with van der Waals surface area (Å²) in [5, 5.41) is 11.2. The lowest BCUT2D eigenvalue weighted by Gasteiger charge is -2.01. The molecule has 0 spiro atoms. The van der Waals surface area contributed by atoms with Crippen molar-refractivity contribution in [3.05, 3.63) is 34.3 Å². The second-order valence-corrected chi connectivity index (χ2v) is 3.54. The summed E-state index contributed by atoms with van der Waals surface area (Å²) in [6, 6.07) is 7.75. The third-order valence-corrected chi connectivity index (χ3v) is 1.99. The van der Waals surface area contributed by atoms with E-state index in [-0.39, 0.29) is 19.0 Å². The fourth-order valence-corrected chi connectivity index (χ4v) is 1.41. The number of carboxylic acids is 1. The molecule has 1 aromatic rings. The first-order chi connectivity index (χ1) is 6.18. The van der Waals surface area contributed by atoms with Crippen LogP contribution in [0.15, 0.2) is 28.7 Å². The molecule has 0 aliphatic heterocycles. The van der Waals surface area contributed by atoms with Gasteiger partial charge in [-0.05, 0) is 17.7 Å². The van der Waals surface area contributed by atoms with Crippen LogP contribution in [0.1, 0.15) is 5.56 Å². The van der Waals surface area contributed by atoms with Gasteiger partial charge < -0.3 is 10.4 Å². The molecular weight excluding hydrogens is 269 g/mol. The highest BCUT2D eigenvalue weighted by atomic mass is 79.9. The quantitative estimate of drug-likeness (QED) is 0.887. The molecule has 0 unspecified atom stereocenters. The molecule has 0 bridgehead atoms. The van der Waals surface area contributed by atoms with Crippen LogP contribution in [-0.4, -0.2) is 17.6 Å². The van der Waals surface area contributed by atoms with E-state index < -0.39 is 5.97 Å². The van der Waals surface area contributed by atoms with E-state index >= 15 is 0 Å². The Morgan fingerprint density at radius 1 is 1.50 bits per heavy atom. The monoisotopic (exact) mass is 279 g/mol. The highest BCUT2D eigenvalue weighted by Gasteiger charge is 1.96. The zero-order chi connectivity index (χ0) is 9.68. The summed E-state index contributed by atoms with van der Waals surface area (Å²) in [7, 11) is 0. The lowest BCUT2D eigenvalue weighted by molar-refractivity contribution is -0.135. The summed E-state index contributed by atoms with van der Waals surface area (Å²) in [6.45, 7) is 0.568. The van der Waals surface area contributed by atoms with Gasteiger partial charge in [0.2, 0.25) is 0 Å². The average molecular weight is 281 g/mol. The zero-order valence-corrected chi connectivity index (χ0v) is 9.77. The fraction of sp³-hybridized carbons (Fsp3) is 0.222. The second kappa shape index (κ2) is 6.81. The fourth-order valence-electron chi connectivity index (χ4n) is 0.961. The number of aliphatic carboxylic acids is 1. The Balaban J connectivity index is 0.00000169. The van der Waals surface area contributed by atoms with Crippen molar-refractivity contribution in [2.45, 2.75) is 6.54 Å². The molecule has 0 heterocycles. The SMILES string of the molecule is Cl.O=C(O)CNCc1cccc(Br)c1. The van der Waals surface area contributed by atoms with E-state index in [1.54, 1.807) is 0 Å². The van der Waals surface area contributed by atoms with Crippen molar-refractivity contribution in [3.63, 3.8) is 0 Å². The number of nitrogens with one attached hydrogen (secondary N) is 1. The lowest BCUT2D eigenvalue weighted by Crippen LogP contribution is -2.21. The third-order valence-electron chi connectivity index (χ3n) is 1.49. The van der Waals surface area contributed by atoms with Gasteiger partial charge in [-0.15, -0.1) is 12.4 Å². The molecule has 0 aliphatic carbocycles. The molecule has 14 heavy (non-hydrogen) atoms. The third kappa shape index (κ3) is 5.21. The normalized spacial score (nSPS) is 9.21. The number of halogens is 2. The minimum Gasteiger partial charge on any atom is -0.480 e. The van der Waals surface area contributed by atoms with Crippen molar-refractivity contribution in [2.75, 3.05) is 6.54 Å². The van der Waals surface area contributed by atoms with E-state index in [1.165, 1.54) is 0 Å². The molecule has 3 nitrogen and oxygen atoms in total. The standard InChI is InChI=1S/C9H10BrNO2.ClH/c10-8-3-1-2-7(4-8)5-11-6-9(12)13;/h1-4,11H,5-6H2,(H,12,13);1H. The molecule has 78 valence electrons. The largest absolute Gasteiger partial charge is 0.480 e. The Hall–Kier alpha value is -0.580. The van der Waals surface area contributed by atoms with E-state index in [9.17, 15) is 4.79 Å². The van der Waals surface area contributed by atoms with Gasteiger partial charge in [-0.3, -0.25) is 4.79 Å². The maximum absolute atomic E-state index is 10.2. The molecular formula is C9H11BrClNO2. The van der Waals surface area contributed by atoms with Crippen molar-refractivity contribution in [3.8, 4) is 0 Å². The van der Waals surface area contributed by atoms with Crippen molar-refractivity contribution in [1.82, 2.24) is 5.32 Å². The van der Waals surface area contributed by atoms with Crippen LogP contribution in [0.3, 0.4) is 0 Å². The second-order valence-electron chi connectivity index (χ2n) is 2.63. The summed E-state index contributed by atoms with van der Waals surface area (Å²) in [5.41, 5.74) is 1.07. The molecule has 0 radical (unpaired) electrons. The number of hydrogen-bond donors (Lipinski definition) is 2. The van der Waals surface area contributed by atoms with Gasteiger partial charge in [-0.1, -0.05) is 28.1 Å². The summed E-state index contributed by atoms with van der Waals surface area (Å²) in [4.78, 5) is 10.2. The molecule has 0 aliphatic rings. The van der Waals surface area contributed by atoms with Gasteiger partial charge in [0.25, 0.3) is 0 Å². The minimum absolute atomic E-state index is 0. The minimum atomic E-state index is -0.838. The molecule has 1 rings (SSSR count). The van der Waals surface area contributed by atoms with Crippen LogP contribution in [0.25, 0.3) is 0 Å².